The maximum Gasteiger partial charge on any atom is 0.105 e. The average Bonchev–Trinajstić information content (AvgIpc) is 3.25. The number of aliphatic hydroxyl groups excluding tert-OH is 12. The molecule has 0 saturated carbocycles. The second-order valence-electron chi connectivity index (χ2n) is 13.4. The molecule has 27 heteroatoms. The molecule has 0 heterocycles. The van der Waals surface area contributed by atoms with Gasteiger partial charge >= 0.3 is 0 Å². The van der Waals surface area contributed by atoms with Crippen LogP contribution in [0.25, 0.3) is 0 Å². The standard InChI is InChI=1S/C21H41O12.3C6H13O4.3Rf/c1-5-21(12-31-9-18(25)15(22)6-28-2,13-32-10-19(26)16(23)7-29-3)14-33-11-20(27)17(24)8-30-4;3*1-9-4-6(8)5-10-3-2-7;;;/h15-20,22-27H,2-14H2,1H3;3*6-8H,1-5H2;;;/q-3;3*-1;;;. The quantitative estimate of drug-likeness (QED) is 0.0203. The minimum Gasteiger partial charge on any atom is -0.553 e. The molecule has 0 aliphatic heterocycles. The summed E-state index contributed by atoms with van der Waals surface area (Å²) < 4.78 is 57.9. The molecule has 24 nitrogen and oxygen atoms in total. The Morgan fingerprint density at radius 2 is 0.545 bits per heavy atom. The first-order chi connectivity index (χ1) is 30.1. The average molecular weight is 1730 g/mol. The van der Waals surface area contributed by atoms with Crippen molar-refractivity contribution in [1.29, 1.82) is 0 Å². The molecular formula is C39H80O24Rf3-6. The Balaban J connectivity index is -0.000000171. The predicted octanol–water partition coefficient (Wildman–Crippen LogP) is -4.48. The summed E-state index contributed by atoms with van der Waals surface area (Å²) >= 11 is 0. The summed E-state index contributed by atoms with van der Waals surface area (Å²) in [6.45, 7) is 2.54. The second kappa shape index (κ2) is 55.4. The van der Waals surface area contributed by atoms with E-state index in [1.807, 2.05) is 6.92 Å². The molecule has 392 valence electrons. The SMILES string of the molecule is [CH2-]OCC(O)C(O)COCC(CC)(COCC(O)C(O)CO[CH2-])COCC(O)C(O)CO[CH2-].[CH2-]OCC(O)COCCO.[CH2-]OCC(O)COCCO.[CH2-]OCC(O)COCCO.[Rf].[Rf].[Rf]. The monoisotopic (exact) mass is 1730 g/mol. The molecule has 0 bridgehead atoms. The van der Waals surface area contributed by atoms with Crippen molar-refractivity contribution >= 4 is 0 Å². The molecule has 66 heavy (non-hydrogen) atoms. The summed E-state index contributed by atoms with van der Waals surface area (Å²) in [6.07, 6.45) is -8.61. The molecular weight excluding hydrogens is 1650 g/mol. The Labute approximate surface area is 373 Å². The fraction of sp³-hybridized carbons (Fsp3) is 0.846. The van der Waals surface area contributed by atoms with Gasteiger partial charge in [0.15, 0.2) is 0 Å². The first-order valence-corrected chi connectivity index (χ1v) is 19.7. The maximum absolute atomic E-state index is 9.94. The van der Waals surface area contributed by atoms with Crippen LogP contribution in [0.3, 0.4) is 0 Å². The molecule has 0 aromatic heterocycles. The van der Waals surface area contributed by atoms with Gasteiger partial charge in [0.1, 0.15) is 36.6 Å². The van der Waals surface area contributed by atoms with Crippen molar-refractivity contribution in [1.82, 2.24) is 0 Å². The van der Waals surface area contributed by atoms with Gasteiger partial charge in [-0.05, 0) is 6.42 Å². The molecule has 12 N–H and O–H groups in total. The number of hydrogen-bond donors (Lipinski definition) is 12. The summed E-state index contributed by atoms with van der Waals surface area (Å²) in [5.74, 6) is 0. The van der Waals surface area contributed by atoms with Crippen LogP contribution < -0.4 is 0 Å². The fourth-order valence-corrected chi connectivity index (χ4v) is 4.05. The van der Waals surface area contributed by atoms with Crippen molar-refractivity contribution < 1.29 is 118 Å². The van der Waals surface area contributed by atoms with Gasteiger partial charge < -0.3 is 118 Å². The van der Waals surface area contributed by atoms with E-state index in [0.717, 1.165) is 0 Å². The van der Waals surface area contributed by atoms with E-state index in [1.54, 1.807) is 0 Å². The van der Waals surface area contributed by atoms with Gasteiger partial charge in [-0.25, -0.2) is 42.7 Å². The molecule has 0 aromatic carbocycles. The third-order valence-corrected chi connectivity index (χ3v) is 7.61. The first-order valence-electron chi connectivity index (χ1n) is 19.7. The van der Waals surface area contributed by atoms with Crippen molar-refractivity contribution in [3.63, 3.8) is 0 Å². The van der Waals surface area contributed by atoms with Crippen LogP contribution in [0.2, 0.25) is 0 Å². The molecule has 0 amide bonds. The van der Waals surface area contributed by atoms with Gasteiger partial charge in [0.05, 0.1) is 117 Å². The summed E-state index contributed by atoms with van der Waals surface area (Å²) in [4.78, 5) is 0. The molecule has 0 fully saturated rings. The van der Waals surface area contributed by atoms with Gasteiger partial charge in [-0.3, -0.25) is 0 Å². The fourth-order valence-electron chi connectivity index (χ4n) is 4.05. The molecule has 0 rings (SSSR count). The third kappa shape index (κ3) is 49.5. The Bertz CT molecular complexity index is 786. The Morgan fingerprint density at radius 1 is 0.333 bits per heavy atom. The Morgan fingerprint density at radius 3 is 0.727 bits per heavy atom. The van der Waals surface area contributed by atoms with Crippen molar-refractivity contribution in [3.05, 3.63) is 42.7 Å². The van der Waals surface area contributed by atoms with E-state index in [4.69, 9.17) is 59.1 Å². The van der Waals surface area contributed by atoms with Crippen molar-refractivity contribution in [2.75, 3.05) is 139 Å². The Kier molecular flexibility index (Phi) is 64.0. The zero-order valence-electron chi connectivity index (χ0n) is 38.9. The van der Waals surface area contributed by atoms with Crippen molar-refractivity contribution in [2.45, 2.75) is 68.3 Å². The maximum atomic E-state index is 9.94. The third-order valence-electron chi connectivity index (χ3n) is 7.61. The van der Waals surface area contributed by atoms with E-state index in [0.29, 0.717) is 6.42 Å². The molecule has 9 unspecified atom stereocenters. The van der Waals surface area contributed by atoms with Gasteiger partial charge in [-0.2, -0.15) is 0 Å². The van der Waals surface area contributed by atoms with Crippen molar-refractivity contribution in [2.24, 2.45) is 5.41 Å². The van der Waals surface area contributed by atoms with Crippen LogP contribution in [-0.4, -0.2) is 255 Å². The Hall–Kier alpha value is -3.96. The van der Waals surface area contributed by atoms with E-state index >= 15 is 0 Å². The van der Waals surface area contributed by atoms with E-state index < -0.39 is 60.4 Å². The molecule has 0 spiro atoms. The van der Waals surface area contributed by atoms with Crippen LogP contribution >= 0.6 is 0 Å². The van der Waals surface area contributed by atoms with Crippen LogP contribution in [0.5, 0.6) is 0 Å². The van der Waals surface area contributed by atoms with E-state index in [-0.39, 0.29) is 139 Å². The normalized spacial score (nSPS) is 15.9. The topological polar surface area (TPSA) is 354 Å². The minimum absolute atomic E-state index is 0. The predicted molar refractivity (Wildman–Crippen MR) is 221 cm³/mol. The van der Waals surface area contributed by atoms with Crippen LogP contribution in [0, 0.1) is 48.1 Å². The summed E-state index contributed by atoms with van der Waals surface area (Å²) in [5.41, 5.74) is -0.769. The number of aliphatic hydroxyl groups is 12. The number of ether oxygens (including phenoxy) is 12. The summed E-state index contributed by atoms with van der Waals surface area (Å²) in [7, 11) is 18.7. The van der Waals surface area contributed by atoms with E-state index in [2.05, 4.69) is 71.1 Å². The summed E-state index contributed by atoms with van der Waals surface area (Å²) in [6, 6.07) is 0. The number of hydrogen-bond acceptors (Lipinski definition) is 24. The molecule has 9 atom stereocenters. The van der Waals surface area contributed by atoms with Gasteiger partial charge in [0.25, 0.3) is 0 Å². The van der Waals surface area contributed by atoms with Gasteiger partial charge in [-0.15, -0.1) is 0 Å². The minimum atomic E-state index is -1.21. The zero-order valence-corrected chi connectivity index (χ0v) is 58.1. The number of rotatable bonds is 40. The van der Waals surface area contributed by atoms with E-state index in [1.165, 1.54) is 0 Å². The molecule has 0 radical (unpaired) electrons. The van der Waals surface area contributed by atoms with Crippen LogP contribution in [-0.2, 0) is 56.8 Å². The van der Waals surface area contributed by atoms with Crippen LogP contribution in [0.15, 0.2) is 0 Å². The van der Waals surface area contributed by atoms with E-state index in [9.17, 15) is 30.6 Å². The van der Waals surface area contributed by atoms with Gasteiger partial charge in [0, 0.05) is 45.1 Å². The molecule has 0 aliphatic rings. The summed E-state index contributed by atoms with van der Waals surface area (Å²) in [5, 5.41) is 110. The zero-order chi connectivity index (χ0) is 48.7. The first kappa shape index (κ1) is 76.3. The second-order valence-corrected chi connectivity index (χ2v) is 13.4. The molecule has 0 saturated heterocycles. The van der Waals surface area contributed by atoms with Crippen LogP contribution in [0.4, 0.5) is 0 Å². The van der Waals surface area contributed by atoms with Gasteiger partial charge in [-0.1, -0.05) is 6.92 Å². The van der Waals surface area contributed by atoms with Crippen molar-refractivity contribution in [3.8, 4) is 0 Å². The van der Waals surface area contributed by atoms with Crippen LogP contribution in [0.1, 0.15) is 13.3 Å². The van der Waals surface area contributed by atoms with Gasteiger partial charge in [0.2, 0.25) is 0 Å². The largest absolute Gasteiger partial charge is 0.553 e. The molecule has 0 aromatic rings. The molecule has 0 aliphatic carbocycles. The smallest absolute Gasteiger partial charge is 0.105 e.